The number of hydrogen-bond acceptors (Lipinski definition) is 2. The third-order valence-electron chi connectivity index (χ3n) is 3.27. The summed E-state index contributed by atoms with van der Waals surface area (Å²) in [6.07, 6.45) is 12.5. The fourth-order valence-electron chi connectivity index (χ4n) is 2.08. The van der Waals surface area contributed by atoms with Crippen LogP contribution in [0.4, 0.5) is 0 Å². The summed E-state index contributed by atoms with van der Waals surface area (Å²) in [7, 11) is 0. The molecule has 2 aliphatic rings. The molecule has 76 valence electrons. The van der Waals surface area contributed by atoms with E-state index in [-0.39, 0.29) is 5.41 Å². The first-order valence-corrected chi connectivity index (χ1v) is 5.20. The first kappa shape index (κ1) is 9.76. The van der Waals surface area contributed by atoms with E-state index in [0.717, 1.165) is 19.3 Å². The smallest absolute Gasteiger partial charge is 0.188 e. The molecule has 1 fully saturated rings. The van der Waals surface area contributed by atoms with Crippen molar-refractivity contribution < 1.29 is 9.47 Å². The standard InChI is InChI=1S/C12H16O2/c1-3-11(4-2)5-7-12(8-6-11)13-9-10-14-12/h1,5,7H,4,6,8-10H2,2H3. The third-order valence-corrected chi connectivity index (χ3v) is 3.27. The van der Waals surface area contributed by atoms with Gasteiger partial charge in [0.15, 0.2) is 5.79 Å². The van der Waals surface area contributed by atoms with Crippen LogP contribution >= 0.6 is 0 Å². The number of terminal acetylenes is 1. The minimum absolute atomic E-state index is 0.0689. The van der Waals surface area contributed by atoms with Crippen LogP contribution in [0.2, 0.25) is 0 Å². The molecule has 0 aromatic heterocycles. The minimum atomic E-state index is -0.449. The molecule has 1 aliphatic heterocycles. The maximum atomic E-state index is 5.59. The SMILES string of the molecule is C#CC1(CC)C=CC2(CC1)OCCO2. The van der Waals surface area contributed by atoms with Crippen molar-refractivity contribution in [3.8, 4) is 12.3 Å². The lowest BCUT2D eigenvalue weighted by molar-refractivity contribution is -0.129. The van der Waals surface area contributed by atoms with Crippen LogP contribution in [-0.4, -0.2) is 19.0 Å². The molecule has 0 saturated carbocycles. The molecule has 0 radical (unpaired) electrons. The average Bonchev–Trinajstić information content (AvgIpc) is 2.69. The highest BCUT2D eigenvalue weighted by Gasteiger charge is 2.40. The molecule has 0 aromatic carbocycles. The number of rotatable bonds is 1. The molecule has 0 bridgehead atoms. The van der Waals surface area contributed by atoms with Crippen molar-refractivity contribution in [2.24, 2.45) is 5.41 Å². The molecular formula is C12H16O2. The molecule has 1 saturated heterocycles. The summed E-state index contributed by atoms with van der Waals surface area (Å²) in [6, 6.07) is 0. The zero-order valence-electron chi connectivity index (χ0n) is 8.58. The van der Waals surface area contributed by atoms with Crippen LogP contribution in [-0.2, 0) is 9.47 Å². The Morgan fingerprint density at radius 3 is 2.43 bits per heavy atom. The number of ether oxygens (including phenoxy) is 2. The Labute approximate surface area is 85.3 Å². The van der Waals surface area contributed by atoms with E-state index in [2.05, 4.69) is 18.9 Å². The number of allylic oxidation sites excluding steroid dienone is 1. The monoisotopic (exact) mass is 192 g/mol. The van der Waals surface area contributed by atoms with Gasteiger partial charge in [0.1, 0.15) is 0 Å². The molecule has 1 spiro atoms. The molecule has 1 aliphatic carbocycles. The summed E-state index contributed by atoms with van der Waals surface area (Å²) < 4.78 is 11.2. The quantitative estimate of drug-likeness (QED) is 0.468. The van der Waals surface area contributed by atoms with E-state index in [1.807, 2.05) is 6.08 Å². The second-order valence-electron chi connectivity index (χ2n) is 4.00. The molecule has 0 amide bonds. The molecule has 2 rings (SSSR count). The molecule has 1 unspecified atom stereocenters. The fraction of sp³-hybridized carbons (Fsp3) is 0.667. The highest BCUT2D eigenvalue weighted by Crippen LogP contribution is 2.40. The normalized spacial score (nSPS) is 34.6. The maximum absolute atomic E-state index is 5.59. The lowest BCUT2D eigenvalue weighted by Crippen LogP contribution is -2.34. The summed E-state index contributed by atoms with van der Waals surface area (Å²) in [4.78, 5) is 0. The highest BCUT2D eigenvalue weighted by atomic mass is 16.7. The Morgan fingerprint density at radius 2 is 2.00 bits per heavy atom. The Kier molecular flexibility index (Phi) is 2.38. The summed E-state index contributed by atoms with van der Waals surface area (Å²) in [5.41, 5.74) is -0.0689. The van der Waals surface area contributed by atoms with E-state index in [1.54, 1.807) is 0 Å². The first-order valence-electron chi connectivity index (χ1n) is 5.20. The Balaban J connectivity index is 2.17. The van der Waals surface area contributed by atoms with Crippen LogP contribution in [0.1, 0.15) is 26.2 Å². The van der Waals surface area contributed by atoms with Gasteiger partial charge in [-0.25, -0.2) is 0 Å². The Morgan fingerprint density at radius 1 is 1.29 bits per heavy atom. The first-order chi connectivity index (χ1) is 6.74. The van der Waals surface area contributed by atoms with Crippen molar-refractivity contribution in [1.29, 1.82) is 0 Å². The third kappa shape index (κ3) is 1.47. The van der Waals surface area contributed by atoms with E-state index in [4.69, 9.17) is 15.9 Å². The van der Waals surface area contributed by atoms with Gasteiger partial charge < -0.3 is 9.47 Å². The second-order valence-corrected chi connectivity index (χ2v) is 4.00. The predicted octanol–water partition coefficient (Wildman–Crippen LogP) is 2.11. The average molecular weight is 192 g/mol. The van der Waals surface area contributed by atoms with Crippen LogP contribution in [0, 0.1) is 17.8 Å². The van der Waals surface area contributed by atoms with Crippen LogP contribution in [0.25, 0.3) is 0 Å². The molecular weight excluding hydrogens is 176 g/mol. The minimum Gasteiger partial charge on any atom is -0.344 e. The molecule has 2 nitrogen and oxygen atoms in total. The van der Waals surface area contributed by atoms with Gasteiger partial charge in [0.25, 0.3) is 0 Å². The van der Waals surface area contributed by atoms with Gasteiger partial charge in [-0.2, -0.15) is 0 Å². The van der Waals surface area contributed by atoms with E-state index < -0.39 is 5.79 Å². The summed E-state index contributed by atoms with van der Waals surface area (Å²) in [6.45, 7) is 3.51. The van der Waals surface area contributed by atoms with Crippen LogP contribution in [0.5, 0.6) is 0 Å². The van der Waals surface area contributed by atoms with E-state index in [0.29, 0.717) is 13.2 Å². The van der Waals surface area contributed by atoms with Crippen LogP contribution in [0.3, 0.4) is 0 Å². The van der Waals surface area contributed by atoms with Crippen molar-refractivity contribution in [3.63, 3.8) is 0 Å². The van der Waals surface area contributed by atoms with Crippen molar-refractivity contribution in [1.82, 2.24) is 0 Å². The molecule has 0 aromatic rings. The Hall–Kier alpha value is -0.780. The van der Waals surface area contributed by atoms with Crippen molar-refractivity contribution in [3.05, 3.63) is 12.2 Å². The lowest BCUT2D eigenvalue weighted by atomic mass is 9.76. The van der Waals surface area contributed by atoms with Gasteiger partial charge in [-0.05, 0) is 18.9 Å². The predicted molar refractivity (Wildman–Crippen MR) is 54.6 cm³/mol. The van der Waals surface area contributed by atoms with Crippen molar-refractivity contribution >= 4 is 0 Å². The van der Waals surface area contributed by atoms with Gasteiger partial charge in [-0.1, -0.05) is 18.9 Å². The largest absolute Gasteiger partial charge is 0.344 e. The van der Waals surface area contributed by atoms with Gasteiger partial charge >= 0.3 is 0 Å². The zero-order chi connectivity index (χ0) is 10.1. The summed E-state index contributed by atoms with van der Waals surface area (Å²) in [5.74, 6) is 2.43. The van der Waals surface area contributed by atoms with Gasteiger partial charge in [0.05, 0.1) is 13.2 Å². The zero-order valence-corrected chi connectivity index (χ0v) is 8.58. The molecule has 1 atom stereocenters. The topological polar surface area (TPSA) is 18.5 Å². The summed E-state index contributed by atoms with van der Waals surface area (Å²) >= 11 is 0. The Bertz CT molecular complexity index is 281. The number of hydrogen-bond donors (Lipinski definition) is 0. The van der Waals surface area contributed by atoms with Gasteiger partial charge in [0, 0.05) is 11.8 Å². The van der Waals surface area contributed by atoms with E-state index in [1.165, 1.54) is 0 Å². The van der Waals surface area contributed by atoms with E-state index in [9.17, 15) is 0 Å². The second kappa shape index (κ2) is 3.42. The highest BCUT2D eigenvalue weighted by molar-refractivity contribution is 5.22. The molecule has 0 N–H and O–H groups in total. The maximum Gasteiger partial charge on any atom is 0.188 e. The van der Waals surface area contributed by atoms with E-state index >= 15 is 0 Å². The molecule has 1 heterocycles. The van der Waals surface area contributed by atoms with Crippen LogP contribution in [0.15, 0.2) is 12.2 Å². The van der Waals surface area contributed by atoms with Gasteiger partial charge in [0.2, 0.25) is 0 Å². The van der Waals surface area contributed by atoms with Gasteiger partial charge in [-0.3, -0.25) is 0 Å². The fourth-order valence-corrected chi connectivity index (χ4v) is 2.08. The molecule has 2 heteroatoms. The summed E-state index contributed by atoms with van der Waals surface area (Å²) in [5, 5.41) is 0. The lowest BCUT2D eigenvalue weighted by Gasteiger charge is -2.35. The van der Waals surface area contributed by atoms with Crippen molar-refractivity contribution in [2.45, 2.75) is 32.0 Å². The van der Waals surface area contributed by atoms with Crippen molar-refractivity contribution in [2.75, 3.05) is 13.2 Å². The van der Waals surface area contributed by atoms with Gasteiger partial charge in [-0.15, -0.1) is 6.42 Å². The molecule has 14 heavy (non-hydrogen) atoms. The van der Waals surface area contributed by atoms with Crippen LogP contribution < -0.4 is 0 Å².